The molecule has 1 unspecified atom stereocenters. The molecule has 0 aliphatic carbocycles. The number of alkyl halides is 3. The highest BCUT2D eigenvalue weighted by Gasteiger charge is 2.33. The molecule has 8 heteroatoms. The molecule has 5 rings (SSSR count). The third-order valence-electron chi connectivity index (χ3n) is 5.92. The van der Waals surface area contributed by atoms with Gasteiger partial charge in [0.1, 0.15) is 17.8 Å². The number of anilines is 3. The number of para-hydroxylation sites is 1. The molecule has 2 aromatic carbocycles. The molecule has 3 heterocycles. The van der Waals surface area contributed by atoms with Crippen molar-refractivity contribution in [3.63, 3.8) is 0 Å². The molecule has 164 valence electrons. The van der Waals surface area contributed by atoms with Crippen LogP contribution in [0.25, 0.3) is 11.0 Å². The van der Waals surface area contributed by atoms with E-state index < -0.39 is 11.7 Å². The largest absolute Gasteiger partial charge is 0.418 e. The van der Waals surface area contributed by atoms with E-state index in [0.29, 0.717) is 5.69 Å². The highest BCUT2D eigenvalue weighted by atomic mass is 19.4. The number of nitrogens with zero attached hydrogens (tertiary/aromatic N) is 3. The van der Waals surface area contributed by atoms with Crippen LogP contribution in [-0.4, -0.2) is 28.0 Å². The van der Waals surface area contributed by atoms with Crippen molar-refractivity contribution in [1.29, 1.82) is 0 Å². The van der Waals surface area contributed by atoms with Gasteiger partial charge >= 0.3 is 6.18 Å². The Bertz CT molecular complexity index is 1230. The van der Waals surface area contributed by atoms with Gasteiger partial charge in [-0.05, 0) is 48.7 Å². The molecular formula is C24H22F3N5. The van der Waals surface area contributed by atoms with Crippen molar-refractivity contribution in [1.82, 2.24) is 15.0 Å². The third kappa shape index (κ3) is 4.00. The minimum Gasteiger partial charge on any atom is -0.355 e. The minimum absolute atomic E-state index is 0.0539. The van der Waals surface area contributed by atoms with Crippen molar-refractivity contribution in [2.24, 2.45) is 0 Å². The standard InChI is InChI=1S/C24H22F3N5/c25-24(26,27)20-8-1-2-9-21(20)31-18-7-3-5-16(13-18)17-6-4-12-32(14-17)23-19-10-11-28-22(19)29-15-30-23/h1-3,5,7-11,13,15,17,31H,4,6,12,14H2,(H,28,29,30). The lowest BCUT2D eigenvalue weighted by molar-refractivity contribution is -0.136. The SMILES string of the molecule is FC(F)(F)c1ccccc1Nc1cccc(C2CCCN(c3ncnc4[nH]ccc34)C2)c1. The highest BCUT2D eigenvalue weighted by molar-refractivity contribution is 5.87. The molecular weight excluding hydrogens is 415 g/mol. The maximum atomic E-state index is 13.4. The summed E-state index contributed by atoms with van der Waals surface area (Å²) in [7, 11) is 0. The van der Waals surface area contributed by atoms with E-state index in [-0.39, 0.29) is 11.6 Å². The second kappa shape index (κ2) is 8.18. The molecule has 0 bridgehead atoms. The van der Waals surface area contributed by atoms with Crippen LogP contribution in [0.1, 0.15) is 29.9 Å². The van der Waals surface area contributed by atoms with Crippen molar-refractivity contribution in [2.45, 2.75) is 24.9 Å². The van der Waals surface area contributed by atoms with Gasteiger partial charge in [-0.1, -0.05) is 24.3 Å². The van der Waals surface area contributed by atoms with E-state index in [1.165, 1.54) is 12.1 Å². The van der Waals surface area contributed by atoms with Crippen molar-refractivity contribution in [3.05, 3.63) is 78.2 Å². The molecule has 5 nitrogen and oxygen atoms in total. The van der Waals surface area contributed by atoms with E-state index in [1.807, 2.05) is 30.5 Å². The van der Waals surface area contributed by atoms with Crippen LogP contribution in [0.5, 0.6) is 0 Å². The maximum absolute atomic E-state index is 13.4. The summed E-state index contributed by atoms with van der Waals surface area (Å²) in [5.74, 6) is 1.17. The molecule has 0 saturated carbocycles. The second-order valence-corrected chi connectivity index (χ2v) is 8.02. The van der Waals surface area contributed by atoms with Crippen molar-refractivity contribution < 1.29 is 13.2 Å². The van der Waals surface area contributed by atoms with E-state index in [4.69, 9.17) is 0 Å². The molecule has 2 aromatic heterocycles. The monoisotopic (exact) mass is 437 g/mol. The number of fused-ring (bicyclic) bond motifs is 1. The van der Waals surface area contributed by atoms with Gasteiger partial charge in [0.15, 0.2) is 0 Å². The number of benzene rings is 2. The third-order valence-corrected chi connectivity index (χ3v) is 5.92. The second-order valence-electron chi connectivity index (χ2n) is 8.02. The van der Waals surface area contributed by atoms with Crippen molar-refractivity contribution in [3.8, 4) is 0 Å². The summed E-state index contributed by atoms with van der Waals surface area (Å²) >= 11 is 0. The number of piperidine rings is 1. The lowest BCUT2D eigenvalue weighted by Gasteiger charge is -2.34. The summed E-state index contributed by atoms with van der Waals surface area (Å²) < 4.78 is 40.1. The van der Waals surface area contributed by atoms with Gasteiger partial charge in [-0.2, -0.15) is 13.2 Å². The Balaban J connectivity index is 1.38. The van der Waals surface area contributed by atoms with Gasteiger partial charge in [0, 0.05) is 30.9 Å². The smallest absolute Gasteiger partial charge is 0.355 e. The average Bonchev–Trinajstić information content (AvgIpc) is 3.28. The van der Waals surface area contributed by atoms with Crippen LogP contribution in [-0.2, 0) is 6.18 Å². The van der Waals surface area contributed by atoms with Gasteiger partial charge in [0.05, 0.1) is 16.6 Å². The maximum Gasteiger partial charge on any atom is 0.418 e. The average molecular weight is 437 g/mol. The Kier molecular flexibility index (Phi) is 5.20. The fourth-order valence-electron chi connectivity index (χ4n) is 4.42. The van der Waals surface area contributed by atoms with Gasteiger partial charge < -0.3 is 15.2 Å². The number of hydrogen-bond donors (Lipinski definition) is 2. The summed E-state index contributed by atoms with van der Waals surface area (Å²) in [6.45, 7) is 1.70. The summed E-state index contributed by atoms with van der Waals surface area (Å²) in [5.41, 5.74) is 1.94. The zero-order valence-corrected chi connectivity index (χ0v) is 17.2. The van der Waals surface area contributed by atoms with E-state index in [2.05, 4.69) is 25.2 Å². The number of aromatic amines is 1. The molecule has 1 aliphatic heterocycles. The highest BCUT2D eigenvalue weighted by Crippen LogP contribution is 2.37. The van der Waals surface area contributed by atoms with Crippen LogP contribution in [0, 0.1) is 0 Å². The number of rotatable bonds is 4. The quantitative estimate of drug-likeness (QED) is 0.405. The first kappa shape index (κ1) is 20.4. The van der Waals surface area contributed by atoms with E-state index in [9.17, 15) is 13.2 Å². The van der Waals surface area contributed by atoms with E-state index in [1.54, 1.807) is 18.5 Å². The molecule has 1 saturated heterocycles. The van der Waals surface area contributed by atoms with Gasteiger partial charge in [-0.3, -0.25) is 0 Å². The molecule has 4 aromatic rings. The fraction of sp³-hybridized carbons (Fsp3) is 0.250. The van der Waals surface area contributed by atoms with Crippen LogP contribution < -0.4 is 10.2 Å². The van der Waals surface area contributed by atoms with Crippen LogP contribution in [0.15, 0.2) is 67.1 Å². The van der Waals surface area contributed by atoms with Crippen molar-refractivity contribution >= 4 is 28.2 Å². The Hall–Kier alpha value is -3.55. The first-order valence-electron chi connectivity index (χ1n) is 10.6. The van der Waals surface area contributed by atoms with Gasteiger partial charge in [0.2, 0.25) is 0 Å². The zero-order valence-electron chi connectivity index (χ0n) is 17.2. The Morgan fingerprint density at radius 2 is 1.91 bits per heavy atom. The first-order chi connectivity index (χ1) is 15.5. The predicted molar refractivity (Wildman–Crippen MR) is 119 cm³/mol. The summed E-state index contributed by atoms with van der Waals surface area (Å²) in [5, 5.41) is 3.96. The Labute approximate surface area is 183 Å². The lowest BCUT2D eigenvalue weighted by Crippen LogP contribution is -2.35. The number of nitrogens with one attached hydrogen (secondary N) is 2. The first-order valence-corrected chi connectivity index (χ1v) is 10.6. The van der Waals surface area contributed by atoms with Crippen LogP contribution in [0.2, 0.25) is 0 Å². The molecule has 1 atom stereocenters. The fourth-order valence-corrected chi connectivity index (χ4v) is 4.42. The molecule has 1 fully saturated rings. The van der Waals surface area contributed by atoms with Gasteiger partial charge in [-0.25, -0.2) is 9.97 Å². The van der Waals surface area contributed by atoms with Crippen molar-refractivity contribution in [2.75, 3.05) is 23.3 Å². The summed E-state index contributed by atoms with van der Waals surface area (Å²) in [4.78, 5) is 14.2. The van der Waals surface area contributed by atoms with Crippen LogP contribution >= 0.6 is 0 Å². The number of H-pyrrole nitrogens is 1. The van der Waals surface area contributed by atoms with Crippen LogP contribution in [0.3, 0.4) is 0 Å². The normalized spacial score (nSPS) is 17.0. The van der Waals surface area contributed by atoms with Gasteiger partial charge in [-0.15, -0.1) is 0 Å². The number of aromatic nitrogens is 3. The summed E-state index contributed by atoms with van der Waals surface area (Å²) in [6.07, 6.45) is 1.04. The summed E-state index contributed by atoms with van der Waals surface area (Å²) in [6, 6.07) is 15.2. The molecule has 32 heavy (non-hydrogen) atoms. The van der Waals surface area contributed by atoms with Gasteiger partial charge in [0.25, 0.3) is 0 Å². The molecule has 2 N–H and O–H groups in total. The Morgan fingerprint density at radius 3 is 2.78 bits per heavy atom. The van der Waals surface area contributed by atoms with E-state index in [0.717, 1.165) is 54.4 Å². The van der Waals surface area contributed by atoms with E-state index >= 15 is 0 Å². The molecule has 0 radical (unpaired) electrons. The molecule has 0 amide bonds. The van der Waals surface area contributed by atoms with Crippen LogP contribution in [0.4, 0.5) is 30.4 Å². The molecule has 0 spiro atoms. The lowest BCUT2D eigenvalue weighted by atomic mass is 9.90. The molecule has 1 aliphatic rings. The number of hydrogen-bond acceptors (Lipinski definition) is 4. The topological polar surface area (TPSA) is 56.8 Å². The zero-order chi connectivity index (χ0) is 22.1. The minimum atomic E-state index is -4.41. The Morgan fingerprint density at radius 1 is 1.03 bits per heavy atom. The predicted octanol–water partition coefficient (Wildman–Crippen LogP) is 6.10. The number of halogens is 3.